The van der Waals surface area contributed by atoms with Crippen LogP contribution >= 0.6 is 0 Å². The van der Waals surface area contributed by atoms with Crippen LogP contribution in [0.2, 0.25) is 0 Å². The zero-order valence-corrected chi connectivity index (χ0v) is 9.86. The van der Waals surface area contributed by atoms with Crippen LogP contribution in [0.1, 0.15) is 33.6 Å². The van der Waals surface area contributed by atoms with Gasteiger partial charge in [0.2, 0.25) is 0 Å². The van der Waals surface area contributed by atoms with Gasteiger partial charge in [-0.3, -0.25) is 0 Å². The molecule has 0 radical (unpaired) electrons. The van der Waals surface area contributed by atoms with E-state index in [1.165, 1.54) is 0 Å². The molecule has 0 amide bonds. The molecule has 4 heteroatoms. The van der Waals surface area contributed by atoms with Gasteiger partial charge in [0, 0.05) is 6.04 Å². The van der Waals surface area contributed by atoms with Crippen LogP contribution in [0.5, 0.6) is 0 Å². The first kappa shape index (κ1) is 12.9. The summed E-state index contributed by atoms with van der Waals surface area (Å²) >= 11 is 0. The molecule has 2 unspecified atom stereocenters. The smallest absolute Gasteiger partial charge is 0.0633 e. The minimum Gasteiger partial charge on any atom is -0.394 e. The van der Waals surface area contributed by atoms with Crippen LogP contribution in [0.15, 0.2) is 0 Å². The summed E-state index contributed by atoms with van der Waals surface area (Å²) in [6, 6.07) is 0.313. The van der Waals surface area contributed by atoms with Gasteiger partial charge in [0.15, 0.2) is 0 Å². The molecular weight excluding hydrogens is 194 g/mol. The van der Waals surface area contributed by atoms with Crippen molar-refractivity contribution in [2.24, 2.45) is 0 Å². The van der Waals surface area contributed by atoms with Crippen LogP contribution in [0.3, 0.4) is 0 Å². The number of hydrogen-bond acceptors (Lipinski definition) is 4. The highest BCUT2D eigenvalue weighted by atomic mass is 16.5. The molecule has 0 aromatic heterocycles. The second kappa shape index (κ2) is 5.25. The van der Waals surface area contributed by atoms with Gasteiger partial charge in [-0.2, -0.15) is 0 Å². The highest BCUT2D eigenvalue weighted by molar-refractivity contribution is 4.88. The van der Waals surface area contributed by atoms with Crippen molar-refractivity contribution in [3.63, 3.8) is 0 Å². The minimum atomic E-state index is -0.582. The van der Waals surface area contributed by atoms with Crippen molar-refractivity contribution >= 4 is 0 Å². The molecule has 90 valence electrons. The van der Waals surface area contributed by atoms with Crippen molar-refractivity contribution < 1.29 is 14.9 Å². The molecule has 1 aliphatic rings. The maximum absolute atomic E-state index is 9.19. The molecule has 1 aliphatic heterocycles. The number of hydrogen-bond donors (Lipinski definition) is 3. The van der Waals surface area contributed by atoms with Gasteiger partial charge in [-0.25, -0.2) is 0 Å². The fourth-order valence-electron chi connectivity index (χ4n) is 2.16. The Bertz CT molecular complexity index is 184. The highest BCUT2D eigenvalue weighted by Crippen LogP contribution is 2.20. The van der Waals surface area contributed by atoms with Crippen molar-refractivity contribution in [2.45, 2.75) is 57.4 Å². The summed E-state index contributed by atoms with van der Waals surface area (Å²) in [5.74, 6) is 0. The quantitative estimate of drug-likeness (QED) is 0.633. The molecule has 1 saturated heterocycles. The average Bonchev–Trinajstić information content (AvgIpc) is 2.16. The summed E-state index contributed by atoms with van der Waals surface area (Å²) in [6.07, 6.45) is 2.35. The summed E-state index contributed by atoms with van der Waals surface area (Å²) in [4.78, 5) is 0. The zero-order chi connectivity index (χ0) is 11.5. The molecule has 15 heavy (non-hydrogen) atoms. The van der Waals surface area contributed by atoms with Gasteiger partial charge in [-0.15, -0.1) is 0 Å². The van der Waals surface area contributed by atoms with Gasteiger partial charge < -0.3 is 20.3 Å². The van der Waals surface area contributed by atoms with E-state index in [1.807, 2.05) is 6.92 Å². The van der Waals surface area contributed by atoms with Crippen molar-refractivity contribution in [1.29, 1.82) is 0 Å². The summed E-state index contributed by atoms with van der Waals surface area (Å²) in [5, 5.41) is 21.7. The third-order valence-corrected chi connectivity index (χ3v) is 2.95. The van der Waals surface area contributed by atoms with Gasteiger partial charge in [0.25, 0.3) is 0 Å². The monoisotopic (exact) mass is 217 g/mol. The van der Waals surface area contributed by atoms with Crippen molar-refractivity contribution in [3.8, 4) is 0 Å². The Morgan fingerprint density at radius 2 is 1.67 bits per heavy atom. The molecule has 4 nitrogen and oxygen atoms in total. The molecule has 0 saturated carbocycles. The molecule has 2 atom stereocenters. The standard InChI is InChI=1S/C11H23NO3/c1-8-4-10(5-9(2)15-8)12-11(3,6-13)7-14/h8-10,12-14H,4-7H2,1-3H3. The molecule has 0 aromatic rings. The molecule has 0 spiro atoms. The lowest BCUT2D eigenvalue weighted by Crippen LogP contribution is -2.56. The van der Waals surface area contributed by atoms with E-state index in [0.29, 0.717) is 6.04 Å². The maximum atomic E-state index is 9.19. The molecule has 3 N–H and O–H groups in total. The topological polar surface area (TPSA) is 61.7 Å². The van der Waals surface area contributed by atoms with E-state index >= 15 is 0 Å². The number of rotatable bonds is 4. The van der Waals surface area contributed by atoms with E-state index in [-0.39, 0.29) is 25.4 Å². The van der Waals surface area contributed by atoms with E-state index in [0.717, 1.165) is 12.8 Å². The van der Waals surface area contributed by atoms with E-state index in [4.69, 9.17) is 4.74 Å². The lowest BCUT2D eigenvalue weighted by atomic mass is 9.95. The van der Waals surface area contributed by atoms with Crippen LogP contribution in [0.4, 0.5) is 0 Å². The van der Waals surface area contributed by atoms with Crippen LogP contribution in [0, 0.1) is 0 Å². The largest absolute Gasteiger partial charge is 0.394 e. The third-order valence-electron chi connectivity index (χ3n) is 2.95. The summed E-state index contributed by atoms with van der Waals surface area (Å²) in [6.45, 7) is 5.84. The maximum Gasteiger partial charge on any atom is 0.0633 e. The van der Waals surface area contributed by atoms with E-state index in [2.05, 4.69) is 19.2 Å². The fraction of sp³-hybridized carbons (Fsp3) is 1.00. The number of ether oxygens (including phenoxy) is 1. The van der Waals surface area contributed by atoms with E-state index in [1.54, 1.807) is 0 Å². The normalized spacial score (nSPS) is 33.0. The van der Waals surface area contributed by atoms with Crippen LogP contribution in [-0.2, 0) is 4.74 Å². The number of aliphatic hydroxyl groups excluding tert-OH is 2. The first-order chi connectivity index (χ1) is 6.99. The highest BCUT2D eigenvalue weighted by Gasteiger charge is 2.30. The van der Waals surface area contributed by atoms with E-state index in [9.17, 15) is 10.2 Å². The first-order valence-electron chi connectivity index (χ1n) is 5.64. The predicted molar refractivity (Wildman–Crippen MR) is 58.7 cm³/mol. The molecule has 0 aromatic carbocycles. The molecule has 1 rings (SSSR count). The lowest BCUT2D eigenvalue weighted by Gasteiger charge is -2.38. The number of nitrogens with one attached hydrogen (secondary N) is 1. The summed E-state index contributed by atoms with van der Waals surface area (Å²) in [5.41, 5.74) is -0.582. The summed E-state index contributed by atoms with van der Waals surface area (Å²) in [7, 11) is 0. The van der Waals surface area contributed by atoms with Crippen LogP contribution in [-0.4, -0.2) is 47.2 Å². The van der Waals surface area contributed by atoms with Crippen molar-refractivity contribution in [3.05, 3.63) is 0 Å². The molecule has 0 bridgehead atoms. The average molecular weight is 217 g/mol. The van der Waals surface area contributed by atoms with Crippen LogP contribution < -0.4 is 5.32 Å². The van der Waals surface area contributed by atoms with Gasteiger partial charge >= 0.3 is 0 Å². The minimum absolute atomic E-state index is 0.0520. The SMILES string of the molecule is CC1CC(NC(C)(CO)CO)CC(C)O1. The number of aliphatic hydroxyl groups is 2. The predicted octanol–water partition coefficient (Wildman–Crippen LogP) is 0.275. The van der Waals surface area contributed by atoms with Gasteiger partial charge in [0.1, 0.15) is 0 Å². The first-order valence-corrected chi connectivity index (χ1v) is 5.64. The van der Waals surface area contributed by atoms with E-state index < -0.39 is 5.54 Å². The second-order valence-corrected chi connectivity index (χ2v) is 4.95. The van der Waals surface area contributed by atoms with Gasteiger partial charge in [-0.05, 0) is 33.6 Å². The lowest BCUT2D eigenvalue weighted by molar-refractivity contribution is -0.0504. The molecule has 0 aliphatic carbocycles. The Kier molecular flexibility index (Phi) is 4.52. The Labute approximate surface area is 91.6 Å². The van der Waals surface area contributed by atoms with Gasteiger partial charge in [0.05, 0.1) is 31.0 Å². The van der Waals surface area contributed by atoms with Gasteiger partial charge in [-0.1, -0.05) is 0 Å². The Morgan fingerprint density at radius 1 is 1.20 bits per heavy atom. The zero-order valence-electron chi connectivity index (χ0n) is 9.86. The molecule has 1 fully saturated rings. The third kappa shape index (κ3) is 3.72. The van der Waals surface area contributed by atoms with Crippen molar-refractivity contribution in [1.82, 2.24) is 5.32 Å². The fourth-order valence-corrected chi connectivity index (χ4v) is 2.16. The Hall–Kier alpha value is -0.160. The Morgan fingerprint density at radius 3 is 2.07 bits per heavy atom. The Balaban J connectivity index is 2.49. The van der Waals surface area contributed by atoms with Crippen molar-refractivity contribution in [2.75, 3.05) is 13.2 Å². The molecular formula is C11H23NO3. The molecule has 1 heterocycles. The summed E-state index contributed by atoms with van der Waals surface area (Å²) < 4.78 is 5.63. The second-order valence-electron chi connectivity index (χ2n) is 4.95. The van der Waals surface area contributed by atoms with Crippen LogP contribution in [0.25, 0.3) is 0 Å².